The second kappa shape index (κ2) is 5.11. The van der Waals surface area contributed by atoms with Gasteiger partial charge in [0.2, 0.25) is 0 Å². The Bertz CT molecular complexity index is 857. The van der Waals surface area contributed by atoms with Crippen LogP contribution in [-0.2, 0) is 6.54 Å². The molecule has 0 bridgehead atoms. The fourth-order valence-corrected chi connectivity index (χ4v) is 3.57. The Morgan fingerprint density at radius 2 is 2.09 bits per heavy atom. The molecular weight excluding hydrogens is 301 g/mol. The summed E-state index contributed by atoms with van der Waals surface area (Å²) in [6.07, 6.45) is 1.73. The molecule has 2 aromatic carbocycles. The fourth-order valence-electron chi connectivity index (χ4n) is 3.38. The van der Waals surface area contributed by atoms with Crippen LogP contribution in [-0.4, -0.2) is 18.5 Å². The quantitative estimate of drug-likeness (QED) is 0.641. The van der Waals surface area contributed by atoms with Crippen molar-refractivity contribution in [3.05, 3.63) is 70.2 Å². The number of benzene rings is 2. The molecule has 3 aromatic rings. The molecule has 4 heteroatoms. The van der Waals surface area contributed by atoms with E-state index in [1.54, 1.807) is 12.3 Å². The van der Waals surface area contributed by atoms with E-state index in [0.29, 0.717) is 0 Å². The highest BCUT2D eigenvalue weighted by molar-refractivity contribution is 6.30. The van der Waals surface area contributed by atoms with E-state index >= 15 is 0 Å². The van der Waals surface area contributed by atoms with Gasteiger partial charge in [-0.05, 0) is 48.0 Å². The molecule has 0 spiro atoms. The molecule has 2 nitrogen and oxygen atoms in total. The minimum absolute atomic E-state index is 0.177. The summed E-state index contributed by atoms with van der Waals surface area (Å²) in [5.41, 5.74) is 4.51. The lowest BCUT2D eigenvalue weighted by Crippen LogP contribution is -2.31. The smallest absolute Gasteiger partial charge is 0.141 e. The highest BCUT2D eigenvalue weighted by Crippen LogP contribution is 2.37. The van der Waals surface area contributed by atoms with Gasteiger partial charge in [-0.25, -0.2) is 4.39 Å². The Balaban J connectivity index is 1.89. The Morgan fingerprint density at radius 3 is 2.91 bits per heavy atom. The molecule has 0 saturated carbocycles. The van der Waals surface area contributed by atoms with E-state index in [4.69, 9.17) is 16.0 Å². The summed E-state index contributed by atoms with van der Waals surface area (Å²) >= 11 is 5.97. The van der Waals surface area contributed by atoms with Crippen molar-refractivity contribution in [3.63, 3.8) is 0 Å². The second-order valence-electron chi connectivity index (χ2n) is 5.89. The highest BCUT2D eigenvalue weighted by atomic mass is 35.5. The van der Waals surface area contributed by atoms with Crippen molar-refractivity contribution >= 4 is 22.6 Å². The van der Waals surface area contributed by atoms with Crippen LogP contribution in [0.4, 0.5) is 4.39 Å². The number of nitrogens with zero attached hydrogens (tertiary/aromatic N) is 1. The second-order valence-corrected chi connectivity index (χ2v) is 6.30. The van der Waals surface area contributed by atoms with Crippen LogP contribution in [0.3, 0.4) is 0 Å². The zero-order valence-corrected chi connectivity index (χ0v) is 12.9. The van der Waals surface area contributed by atoms with E-state index in [1.165, 1.54) is 17.2 Å². The van der Waals surface area contributed by atoms with Gasteiger partial charge in [0.05, 0.1) is 11.3 Å². The first-order valence-corrected chi connectivity index (χ1v) is 7.64. The minimum Gasteiger partial charge on any atom is -0.464 e. The summed E-state index contributed by atoms with van der Waals surface area (Å²) in [5, 5.41) is 1.33. The van der Waals surface area contributed by atoms with E-state index in [1.807, 2.05) is 18.2 Å². The lowest BCUT2D eigenvalue weighted by atomic mass is 9.83. The van der Waals surface area contributed by atoms with Crippen LogP contribution in [0.25, 0.3) is 11.0 Å². The largest absolute Gasteiger partial charge is 0.464 e. The first-order valence-electron chi connectivity index (χ1n) is 7.26. The fraction of sp³-hybridized carbons (Fsp3) is 0.222. The molecule has 0 radical (unpaired) electrons. The van der Waals surface area contributed by atoms with Gasteiger partial charge < -0.3 is 9.32 Å². The van der Waals surface area contributed by atoms with Crippen molar-refractivity contribution < 1.29 is 8.81 Å². The molecule has 1 aliphatic rings. The summed E-state index contributed by atoms with van der Waals surface area (Å²) in [6, 6.07) is 11.2. The van der Waals surface area contributed by atoms with Crippen molar-refractivity contribution in [1.82, 2.24) is 4.90 Å². The Hall–Kier alpha value is -1.84. The minimum atomic E-state index is -0.375. The average molecular weight is 316 g/mol. The van der Waals surface area contributed by atoms with Gasteiger partial charge in [0.1, 0.15) is 11.4 Å². The molecule has 22 heavy (non-hydrogen) atoms. The van der Waals surface area contributed by atoms with Crippen LogP contribution in [0.5, 0.6) is 0 Å². The molecule has 2 heterocycles. The van der Waals surface area contributed by atoms with Crippen LogP contribution < -0.4 is 0 Å². The SMILES string of the molecule is CN1Cc2c(ccc3occc23)C(c2ccc(F)c(Cl)c2)C1. The van der Waals surface area contributed by atoms with Crippen molar-refractivity contribution in [2.75, 3.05) is 13.6 Å². The van der Waals surface area contributed by atoms with Gasteiger partial charge in [0.25, 0.3) is 0 Å². The summed E-state index contributed by atoms with van der Waals surface area (Å²) in [5.74, 6) is -0.189. The van der Waals surface area contributed by atoms with Crippen molar-refractivity contribution in [3.8, 4) is 0 Å². The van der Waals surface area contributed by atoms with Crippen LogP contribution in [0.1, 0.15) is 22.6 Å². The number of furan rings is 1. The van der Waals surface area contributed by atoms with Gasteiger partial charge in [0.15, 0.2) is 0 Å². The van der Waals surface area contributed by atoms with Gasteiger partial charge in [-0.3, -0.25) is 0 Å². The van der Waals surface area contributed by atoms with E-state index in [0.717, 1.165) is 29.6 Å². The lowest BCUT2D eigenvalue weighted by Gasteiger charge is -2.33. The van der Waals surface area contributed by atoms with Crippen LogP contribution in [0.2, 0.25) is 5.02 Å². The van der Waals surface area contributed by atoms with E-state index in [-0.39, 0.29) is 16.8 Å². The van der Waals surface area contributed by atoms with Crippen LogP contribution in [0.15, 0.2) is 47.1 Å². The zero-order valence-electron chi connectivity index (χ0n) is 12.1. The molecule has 1 aliphatic heterocycles. The van der Waals surface area contributed by atoms with Gasteiger partial charge >= 0.3 is 0 Å². The summed E-state index contributed by atoms with van der Waals surface area (Å²) in [7, 11) is 2.10. The van der Waals surface area contributed by atoms with E-state index < -0.39 is 0 Å². The maximum Gasteiger partial charge on any atom is 0.141 e. The maximum absolute atomic E-state index is 13.5. The van der Waals surface area contributed by atoms with Crippen molar-refractivity contribution in [2.24, 2.45) is 0 Å². The van der Waals surface area contributed by atoms with Gasteiger partial charge in [-0.2, -0.15) is 0 Å². The number of fused-ring (bicyclic) bond motifs is 3. The summed E-state index contributed by atoms with van der Waals surface area (Å²) in [4.78, 5) is 2.27. The monoisotopic (exact) mass is 315 g/mol. The molecule has 1 aromatic heterocycles. The molecule has 1 unspecified atom stereocenters. The normalized spacial score (nSPS) is 18.6. The topological polar surface area (TPSA) is 16.4 Å². The third kappa shape index (κ3) is 2.13. The molecule has 1 atom stereocenters. The van der Waals surface area contributed by atoms with Crippen LogP contribution >= 0.6 is 11.6 Å². The predicted molar refractivity (Wildman–Crippen MR) is 85.8 cm³/mol. The standard InChI is InChI=1S/C18H15ClFNO/c1-21-9-14(11-2-4-17(20)16(19)8-11)12-3-5-18-13(6-7-22-18)15(12)10-21/h2-8,14H,9-10H2,1H3. The van der Waals surface area contributed by atoms with E-state index in [2.05, 4.69) is 18.0 Å². The Labute approximate surface area is 133 Å². The maximum atomic E-state index is 13.5. The molecular formula is C18H15ClFNO. The molecule has 0 fully saturated rings. The van der Waals surface area contributed by atoms with E-state index in [9.17, 15) is 4.39 Å². The first-order chi connectivity index (χ1) is 10.6. The summed E-state index contributed by atoms with van der Waals surface area (Å²) in [6.45, 7) is 1.77. The van der Waals surface area contributed by atoms with Gasteiger partial charge in [-0.1, -0.05) is 23.7 Å². The lowest BCUT2D eigenvalue weighted by molar-refractivity contribution is 0.296. The van der Waals surface area contributed by atoms with Gasteiger partial charge in [0, 0.05) is 24.4 Å². The zero-order chi connectivity index (χ0) is 15.3. The Morgan fingerprint density at radius 1 is 1.23 bits per heavy atom. The third-order valence-electron chi connectivity index (χ3n) is 4.43. The summed E-state index contributed by atoms with van der Waals surface area (Å²) < 4.78 is 19.0. The van der Waals surface area contributed by atoms with Gasteiger partial charge in [-0.15, -0.1) is 0 Å². The molecule has 112 valence electrons. The highest BCUT2D eigenvalue weighted by Gasteiger charge is 2.27. The number of hydrogen-bond donors (Lipinski definition) is 0. The number of rotatable bonds is 1. The van der Waals surface area contributed by atoms with Crippen molar-refractivity contribution in [2.45, 2.75) is 12.5 Å². The molecule has 0 aliphatic carbocycles. The molecule has 0 amide bonds. The number of hydrogen-bond acceptors (Lipinski definition) is 2. The molecule has 0 saturated heterocycles. The van der Waals surface area contributed by atoms with Crippen molar-refractivity contribution in [1.29, 1.82) is 0 Å². The van der Waals surface area contributed by atoms with Crippen LogP contribution in [0, 0.1) is 5.82 Å². The Kier molecular flexibility index (Phi) is 3.21. The third-order valence-corrected chi connectivity index (χ3v) is 4.72. The molecule has 0 N–H and O–H groups in total. The predicted octanol–water partition coefficient (Wildman–Crippen LogP) is 4.80. The first kappa shape index (κ1) is 13.8. The molecule has 4 rings (SSSR count). The number of halogens is 2. The number of likely N-dealkylation sites (N-methyl/N-ethyl adjacent to an activating group) is 1. The average Bonchev–Trinajstić information content (AvgIpc) is 2.98.